The summed E-state index contributed by atoms with van der Waals surface area (Å²) in [4.78, 5) is 13.4. The van der Waals surface area contributed by atoms with E-state index in [9.17, 15) is 4.79 Å². The molecule has 3 N–H and O–H groups in total. The maximum absolute atomic E-state index is 12.1. The van der Waals surface area contributed by atoms with E-state index in [0.717, 1.165) is 31.4 Å². The number of thiophene rings is 1. The van der Waals surface area contributed by atoms with E-state index in [1.165, 1.54) is 29.7 Å². The second-order valence-electron chi connectivity index (χ2n) is 4.56. The lowest BCUT2D eigenvalue weighted by Crippen LogP contribution is -2.25. The van der Waals surface area contributed by atoms with Gasteiger partial charge in [0.15, 0.2) is 0 Å². The number of nitrogen functional groups attached to an aromatic ring is 1. The number of hydrogen-bond acceptors (Lipinski definition) is 3. The van der Waals surface area contributed by atoms with Crippen molar-refractivity contribution in [2.75, 3.05) is 12.3 Å². The molecule has 1 aromatic heterocycles. The Hall–Kier alpha value is -1.03. The monoisotopic (exact) mass is 252 g/mol. The molecule has 1 amide bonds. The van der Waals surface area contributed by atoms with Gasteiger partial charge in [0.2, 0.25) is 0 Å². The first-order valence-corrected chi connectivity index (χ1v) is 7.24. The zero-order chi connectivity index (χ0) is 12.3. The topological polar surface area (TPSA) is 55.1 Å². The van der Waals surface area contributed by atoms with Crippen LogP contribution in [0.4, 0.5) is 5.00 Å². The molecule has 0 saturated heterocycles. The summed E-state index contributed by atoms with van der Waals surface area (Å²) in [5.41, 5.74) is 7.99. The molecule has 4 heteroatoms. The summed E-state index contributed by atoms with van der Waals surface area (Å²) in [6.45, 7) is 2.78. The third-order valence-corrected chi connectivity index (χ3v) is 4.33. The van der Waals surface area contributed by atoms with Gasteiger partial charge in [-0.1, -0.05) is 13.3 Å². The summed E-state index contributed by atoms with van der Waals surface area (Å²) in [6.07, 6.45) is 6.72. The van der Waals surface area contributed by atoms with Crippen molar-refractivity contribution in [3.05, 3.63) is 16.0 Å². The van der Waals surface area contributed by atoms with Gasteiger partial charge in [-0.25, -0.2) is 0 Å². The van der Waals surface area contributed by atoms with Crippen molar-refractivity contribution < 1.29 is 4.79 Å². The van der Waals surface area contributed by atoms with Gasteiger partial charge in [0, 0.05) is 11.4 Å². The van der Waals surface area contributed by atoms with E-state index in [1.807, 2.05) is 0 Å². The number of amides is 1. The molecule has 1 aromatic rings. The number of rotatable bonds is 3. The Morgan fingerprint density at radius 2 is 2.12 bits per heavy atom. The van der Waals surface area contributed by atoms with Gasteiger partial charge in [0.05, 0.1) is 10.6 Å². The SMILES string of the molecule is CCCNC(=O)c1c(N)sc2c1CCCCC2. The summed E-state index contributed by atoms with van der Waals surface area (Å²) < 4.78 is 0. The van der Waals surface area contributed by atoms with Crippen molar-refractivity contribution in [2.45, 2.75) is 45.4 Å². The average molecular weight is 252 g/mol. The van der Waals surface area contributed by atoms with Crippen molar-refractivity contribution in [1.29, 1.82) is 0 Å². The molecule has 0 spiro atoms. The average Bonchev–Trinajstić information content (AvgIpc) is 2.49. The van der Waals surface area contributed by atoms with E-state index in [4.69, 9.17) is 5.73 Å². The number of carbonyl (C=O) groups is 1. The van der Waals surface area contributed by atoms with Gasteiger partial charge in [-0.3, -0.25) is 4.79 Å². The summed E-state index contributed by atoms with van der Waals surface area (Å²) in [5, 5.41) is 3.63. The quantitative estimate of drug-likeness (QED) is 0.813. The second kappa shape index (κ2) is 5.54. The lowest BCUT2D eigenvalue weighted by molar-refractivity contribution is 0.0954. The Labute approximate surface area is 106 Å². The molecule has 0 aromatic carbocycles. The van der Waals surface area contributed by atoms with Gasteiger partial charge in [-0.2, -0.15) is 0 Å². The lowest BCUT2D eigenvalue weighted by Gasteiger charge is -2.06. The van der Waals surface area contributed by atoms with E-state index >= 15 is 0 Å². The molecule has 1 heterocycles. The van der Waals surface area contributed by atoms with Gasteiger partial charge >= 0.3 is 0 Å². The van der Waals surface area contributed by atoms with E-state index in [2.05, 4.69) is 12.2 Å². The smallest absolute Gasteiger partial charge is 0.254 e. The Balaban J connectivity index is 2.26. The molecule has 1 aliphatic carbocycles. The maximum Gasteiger partial charge on any atom is 0.254 e. The summed E-state index contributed by atoms with van der Waals surface area (Å²) in [7, 11) is 0. The second-order valence-corrected chi connectivity index (χ2v) is 5.70. The predicted octanol–water partition coefficient (Wildman–Crippen LogP) is 2.74. The number of nitrogens with two attached hydrogens (primary N) is 1. The highest BCUT2D eigenvalue weighted by Crippen LogP contribution is 2.35. The first-order valence-electron chi connectivity index (χ1n) is 6.42. The van der Waals surface area contributed by atoms with E-state index in [0.29, 0.717) is 5.00 Å². The molecule has 1 aliphatic rings. The number of anilines is 1. The van der Waals surface area contributed by atoms with Crippen molar-refractivity contribution in [3.8, 4) is 0 Å². The van der Waals surface area contributed by atoms with Gasteiger partial charge < -0.3 is 11.1 Å². The molecule has 2 rings (SSSR count). The predicted molar refractivity (Wildman–Crippen MR) is 72.6 cm³/mol. The molecule has 0 unspecified atom stereocenters. The minimum absolute atomic E-state index is 0.0174. The number of hydrogen-bond donors (Lipinski definition) is 2. The molecule has 0 fully saturated rings. The Bertz CT molecular complexity index is 412. The van der Waals surface area contributed by atoms with E-state index in [-0.39, 0.29) is 5.91 Å². The lowest BCUT2D eigenvalue weighted by atomic mass is 10.1. The number of fused-ring (bicyclic) bond motifs is 1. The van der Waals surface area contributed by atoms with Crippen LogP contribution in [-0.2, 0) is 12.8 Å². The fourth-order valence-electron chi connectivity index (χ4n) is 2.34. The van der Waals surface area contributed by atoms with Crippen LogP contribution in [0.2, 0.25) is 0 Å². The van der Waals surface area contributed by atoms with Crippen LogP contribution in [0.5, 0.6) is 0 Å². The van der Waals surface area contributed by atoms with Gasteiger partial charge in [-0.15, -0.1) is 11.3 Å². The largest absolute Gasteiger partial charge is 0.390 e. The van der Waals surface area contributed by atoms with Gasteiger partial charge in [0.25, 0.3) is 5.91 Å². The summed E-state index contributed by atoms with van der Waals surface area (Å²) in [5.74, 6) is 0.0174. The van der Waals surface area contributed by atoms with Crippen LogP contribution in [-0.4, -0.2) is 12.5 Å². The van der Waals surface area contributed by atoms with E-state index in [1.54, 1.807) is 11.3 Å². The molecule has 3 nitrogen and oxygen atoms in total. The van der Waals surface area contributed by atoms with Crippen LogP contribution in [0.15, 0.2) is 0 Å². The highest BCUT2D eigenvalue weighted by Gasteiger charge is 2.22. The third kappa shape index (κ3) is 2.63. The molecular formula is C13H20N2OS. The molecule has 0 aliphatic heterocycles. The minimum Gasteiger partial charge on any atom is -0.390 e. The summed E-state index contributed by atoms with van der Waals surface area (Å²) >= 11 is 1.61. The van der Waals surface area contributed by atoms with Gasteiger partial charge in [0.1, 0.15) is 0 Å². The fraction of sp³-hybridized carbons (Fsp3) is 0.615. The third-order valence-electron chi connectivity index (χ3n) is 3.21. The number of nitrogens with one attached hydrogen (secondary N) is 1. The normalized spacial score (nSPS) is 15.1. The Morgan fingerprint density at radius 1 is 1.35 bits per heavy atom. The van der Waals surface area contributed by atoms with Crippen LogP contribution >= 0.6 is 11.3 Å². The van der Waals surface area contributed by atoms with Crippen LogP contribution < -0.4 is 11.1 Å². The molecule has 94 valence electrons. The van der Waals surface area contributed by atoms with Crippen molar-refractivity contribution >= 4 is 22.2 Å². The first-order chi connectivity index (χ1) is 8.24. The first kappa shape index (κ1) is 12.4. The molecule has 0 radical (unpaired) electrons. The van der Waals surface area contributed by atoms with Crippen LogP contribution in [0, 0.1) is 0 Å². The molecule has 0 saturated carbocycles. The number of carbonyl (C=O) groups excluding carboxylic acids is 1. The molecule has 0 bridgehead atoms. The standard InChI is InChI=1S/C13H20N2OS/c1-2-8-15-13(16)11-9-6-4-3-5-7-10(9)17-12(11)14/h2-8,14H2,1H3,(H,15,16). The van der Waals surface area contributed by atoms with Crippen LogP contribution in [0.1, 0.15) is 53.4 Å². The summed E-state index contributed by atoms with van der Waals surface area (Å²) in [6, 6.07) is 0. The Morgan fingerprint density at radius 3 is 2.88 bits per heavy atom. The zero-order valence-corrected chi connectivity index (χ0v) is 11.2. The molecule has 0 atom stereocenters. The number of aryl methyl sites for hydroxylation is 1. The van der Waals surface area contributed by atoms with Crippen LogP contribution in [0.25, 0.3) is 0 Å². The zero-order valence-electron chi connectivity index (χ0n) is 10.3. The maximum atomic E-state index is 12.1. The van der Waals surface area contributed by atoms with Crippen molar-refractivity contribution in [2.24, 2.45) is 0 Å². The van der Waals surface area contributed by atoms with Gasteiger partial charge in [-0.05, 0) is 37.7 Å². The molecular weight excluding hydrogens is 232 g/mol. The highest BCUT2D eigenvalue weighted by atomic mass is 32.1. The van der Waals surface area contributed by atoms with E-state index < -0.39 is 0 Å². The van der Waals surface area contributed by atoms with Crippen LogP contribution in [0.3, 0.4) is 0 Å². The Kier molecular flexibility index (Phi) is 4.05. The van der Waals surface area contributed by atoms with Crippen molar-refractivity contribution in [3.63, 3.8) is 0 Å². The molecule has 17 heavy (non-hydrogen) atoms. The van der Waals surface area contributed by atoms with Crippen molar-refractivity contribution in [1.82, 2.24) is 5.32 Å². The minimum atomic E-state index is 0.0174. The fourth-order valence-corrected chi connectivity index (χ4v) is 3.50. The highest BCUT2D eigenvalue weighted by molar-refractivity contribution is 7.16.